The number of nitrogens with zero attached hydrogens (tertiary/aromatic N) is 5. The van der Waals surface area contributed by atoms with Gasteiger partial charge in [0.25, 0.3) is 0 Å². The molecular weight excluding hydrogens is 883 g/mol. The van der Waals surface area contributed by atoms with Gasteiger partial charge in [-0.3, -0.25) is 14.7 Å². The van der Waals surface area contributed by atoms with E-state index in [9.17, 15) is 4.79 Å². The quantitative estimate of drug-likeness (QED) is 0.0969. The van der Waals surface area contributed by atoms with Gasteiger partial charge in [-0.1, -0.05) is 75.2 Å². The highest BCUT2D eigenvalue weighted by atomic mass is 32.2. The maximum Gasteiger partial charge on any atom is 0.242 e. The largest absolute Gasteiger partial charge is 0.457 e. The second kappa shape index (κ2) is 19.7. The van der Waals surface area contributed by atoms with Crippen molar-refractivity contribution in [2.24, 2.45) is 4.99 Å². The third kappa shape index (κ3) is 9.09. The SMILES string of the molecule is CCN(CC)c1ccc2c(c1)Oc1cc(N(CC)CC)ccc1N2C(=O)CSc1ccc(OC2=C(/C=C/C3=Nc4ccc(C)cc4C3(C)C)CC/C2=C\C=C2\N(CC)c3ccc(C)cc3C2(C)C)cc1. The van der Waals surface area contributed by atoms with Gasteiger partial charge < -0.3 is 24.2 Å². The molecule has 0 radical (unpaired) electrons. The van der Waals surface area contributed by atoms with Crippen LogP contribution in [0.2, 0.25) is 0 Å². The lowest BCUT2D eigenvalue weighted by molar-refractivity contribution is -0.115. The summed E-state index contributed by atoms with van der Waals surface area (Å²) < 4.78 is 13.6. The second-order valence-corrected chi connectivity index (χ2v) is 20.9. The molecule has 4 aliphatic rings. The van der Waals surface area contributed by atoms with Gasteiger partial charge in [-0.2, -0.15) is 0 Å². The molecule has 0 bridgehead atoms. The summed E-state index contributed by atoms with van der Waals surface area (Å²) in [5, 5.41) is 0. The van der Waals surface area contributed by atoms with Gasteiger partial charge in [0, 0.05) is 83.3 Å². The number of carbonyl (C=O) groups is 1. The molecule has 3 aliphatic heterocycles. The van der Waals surface area contributed by atoms with Gasteiger partial charge in [-0.15, -0.1) is 11.8 Å². The number of carbonyl (C=O) groups excluding carboxylic acids is 1. The summed E-state index contributed by atoms with van der Waals surface area (Å²) >= 11 is 1.53. The van der Waals surface area contributed by atoms with Crippen LogP contribution in [0.25, 0.3) is 0 Å². The fourth-order valence-corrected chi connectivity index (χ4v) is 11.3. The van der Waals surface area contributed by atoms with Crippen LogP contribution in [0.3, 0.4) is 0 Å². The van der Waals surface area contributed by atoms with E-state index in [1.165, 1.54) is 51.0 Å². The number of thioether (sulfide) groups is 1. The number of ether oxygens (including phenoxy) is 2. The maximum absolute atomic E-state index is 14.5. The topological polar surface area (TPSA) is 60.9 Å². The number of likely N-dealkylation sites (N-methyl/N-ethyl adjacent to an activating group) is 1. The number of anilines is 5. The summed E-state index contributed by atoms with van der Waals surface area (Å²) in [6.07, 6.45) is 10.8. The summed E-state index contributed by atoms with van der Waals surface area (Å²) in [7, 11) is 0. The lowest BCUT2D eigenvalue weighted by Gasteiger charge is -2.33. The molecule has 3 heterocycles. The predicted octanol–water partition coefficient (Wildman–Crippen LogP) is 15.2. The molecule has 0 N–H and O–H groups in total. The molecule has 0 saturated carbocycles. The number of allylic oxidation sites excluding steroid dienone is 7. The number of benzene rings is 5. The third-order valence-corrected chi connectivity index (χ3v) is 15.7. The number of aliphatic imine (C=N–C) groups is 1. The summed E-state index contributed by atoms with van der Waals surface area (Å²) in [6, 6.07) is 33.9. The fraction of sp³-hybridized carbons (Fsp3) is 0.344. The van der Waals surface area contributed by atoms with Crippen LogP contribution in [0.15, 0.2) is 154 Å². The van der Waals surface area contributed by atoms with Crippen molar-refractivity contribution in [3.8, 4) is 17.2 Å². The summed E-state index contributed by atoms with van der Waals surface area (Å²) in [5.74, 6) is 3.23. The van der Waals surface area contributed by atoms with Crippen molar-refractivity contribution in [3.05, 3.63) is 166 Å². The fourth-order valence-electron chi connectivity index (χ4n) is 10.6. The molecule has 9 rings (SSSR count). The Morgan fingerprint density at radius 2 is 1.30 bits per heavy atom. The van der Waals surface area contributed by atoms with E-state index >= 15 is 0 Å². The molecule has 362 valence electrons. The molecular formula is C61H69N5O3S. The highest BCUT2D eigenvalue weighted by Crippen LogP contribution is 2.51. The monoisotopic (exact) mass is 952 g/mol. The Hall–Kier alpha value is -6.45. The average Bonchev–Trinajstić information content (AvgIpc) is 3.93. The van der Waals surface area contributed by atoms with E-state index in [0.717, 1.165) is 102 Å². The number of rotatable bonds is 15. The number of amides is 1. The Morgan fingerprint density at radius 3 is 1.91 bits per heavy atom. The number of hydrogen-bond acceptors (Lipinski definition) is 8. The van der Waals surface area contributed by atoms with Crippen LogP contribution in [0.5, 0.6) is 17.2 Å². The van der Waals surface area contributed by atoms with Gasteiger partial charge in [0.2, 0.25) is 5.91 Å². The van der Waals surface area contributed by atoms with Crippen molar-refractivity contribution < 1.29 is 14.3 Å². The van der Waals surface area contributed by atoms with Gasteiger partial charge >= 0.3 is 0 Å². The van der Waals surface area contributed by atoms with Gasteiger partial charge in [-0.25, -0.2) is 0 Å². The van der Waals surface area contributed by atoms with Crippen LogP contribution >= 0.6 is 11.8 Å². The first-order chi connectivity index (χ1) is 33.7. The van der Waals surface area contributed by atoms with E-state index in [1.807, 2.05) is 29.2 Å². The van der Waals surface area contributed by atoms with Crippen molar-refractivity contribution >= 4 is 57.5 Å². The third-order valence-electron chi connectivity index (χ3n) is 14.7. The molecule has 0 spiro atoms. The molecule has 0 atom stereocenters. The normalized spacial score (nSPS) is 17.4. The molecule has 0 aromatic heterocycles. The van der Waals surface area contributed by atoms with Crippen molar-refractivity contribution in [2.45, 2.75) is 105 Å². The van der Waals surface area contributed by atoms with Crippen LogP contribution in [-0.2, 0) is 15.6 Å². The Bertz CT molecular complexity index is 2920. The summed E-state index contributed by atoms with van der Waals surface area (Å²) in [4.78, 5) is 29.5. The van der Waals surface area contributed by atoms with Crippen molar-refractivity contribution in [2.75, 3.05) is 58.1 Å². The lowest BCUT2D eigenvalue weighted by atomic mass is 9.81. The van der Waals surface area contributed by atoms with Crippen molar-refractivity contribution in [3.63, 3.8) is 0 Å². The first kappa shape index (κ1) is 48.6. The van der Waals surface area contributed by atoms with Gasteiger partial charge in [0.05, 0.1) is 28.5 Å². The average molecular weight is 952 g/mol. The minimum atomic E-state index is -0.209. The highest BCUT2D eigenvalue weighted by molar-refractivity contribution is 8.00. The van der Waals surface area contributed by atoms with E-state index in [2.05, 4.69) is 188 Å². The minimum Gasteiger partial charge on any atom is -0.457 e. The first-order valence-corrected chi connectivity index (χ1v) is 26.3. The van der Waals surface area contributed by atoms with E-state index in [4.69, 9.17) is 14.5 Å². The lowest BCUT2D eigenvalue weighted by Crippen LogP contribution is -2.31. The van der Waals surface area contributed by atoms with E-state index in [-0.39, 0.29) is 22.5 Å². The zero-order valence-corrected chi connectivity index (χ0v) is 43.9. The Kier molecular flexibility index (Phi) is 13.7. The second-order valence-electron chi connectivity index (χ2n) is 19.8. The van der Waals surface area contributed by atoms with Crippen molar-refractivity contribution in [1.82, 2.24) is 0 Å². The number of aryl methyl sites for hydroxylation is 2. The number of hydrogen-bond donors (Lipinski definition) is 0. The highest BCUT2D eigenvalue weighted by Gasteiger charge is 2.40. The zero-order chi connectivity index (χ0) is 49.5. The molecule has 5 aromatic rings. The van der Waals surface area contributed by atoms with Gasteiger partial charge in [0.15, 0.2) is 11.5 Å². The van der Waals surface area contributed by atoms with Gasteiger partial charge in [-0.05, 0) is 156 Å². The van der Waals surface area contributed by atoms with E-state index in [0.29, 0.717) is 11.5 Å². The van der Waals surface area contributed by atoms with Crippen LogP contribution in [0.4, 0.5) is 34.1 Å². The maximum atomic E-state index is 14.5. The minimum absolute atomic E-state index is 0.0164. The molecule has 70 heavy (non-hydrogen) atoms. The molecule has 9 heteroatoms. The van der Waals surface area contributed by atoms with Crippen LogP contribution in [-0.4, -0.2) is 50.1 Å². The van der Waals surface area contributed by atoms with Gasteiger partial charge in [0.1, 0.15) is 11.5 Å². The molecule has 0 unspecified atom stereocenters. The summed E-state index contributed by atoms with van der Waals surface area (Å²) in [6.45, 7) is 28.8. The predicted molar refractivity (Wildman–Crippen MR) is 295 cm³/mol. The Balaban J connectivity index is 0.987. The Labute approximate surface area is 421 Å². The molecule has 0 fully saturated rings. The zero-order valence-electron chi connectivity index (χ0n) is 43.1. The van der Waals surface area contributed by atoms with Crippen molar-refractivity contribution in [1.29, 1.82) is 0 Å². The molecule has 5 aromatic carbocycles. The number of fused-ring (bicyclic) bond motifs is 4. The molecule has 0 saturated heterocycles. The van der Waals surface area contributed by atoms with Crippen LogP contribution in [0, 0.1) is 13.8 Å². The van der Waals surface area contributed by atoms with Crippen LogP contribution in [0.1, 0.15) is 97.4 Å². The molecule has 1 amide bonds. The molecule has 8 nitrogen and oxygen atoms in total. The van der Waals surface area contributed by atoms with E-state index in [1.54, 1.807) is 0 Å². The van der Waals surface area contributed by atoms with E-state index < -0.39 is 0 Å². The standard InChI is InChI=1S/C61H69N5O3S/c1-12-63(13-2)44-23-31-52-54(37-44)69-55-38-45(64(14-3)15-4)24-32-53(55)66(52)58(67)39-70-47-27-25-46(26-28-47)68-59-42(21-33-56-60(8,9)48-35-40(6)17-29-50(48)62-56)19-20-43(59)22-34-57-61(10,11)49-36-41(7)18-30-51(49)65(57)16-5/h17-18,21-38H,12-16,19-20,39H2,1-11H3/b33-21+,43-22+,57-34+. The van der Waals surface area contributed by atoms with Crippen LogP contribution < -0.4 is 29.1 Å². The Morgan fingerprint density at radius 1 is 0.700 bits per heavy atom. The first-order valence-electron chi connectivity index (χ1n) is 25.3. The smallest absolute Gasteiger partial charge is 0.242 e. The molecule has 1 aliphatic carbocycles. The summed E-state index contributed by atoms with van der Waals surface area (Å²) in [5.41, 5.74) is 15.4.